The summed E-state index contributed by atoms with van der Waals surface area (Å²) in [6.07, 6.45) is 4.99. The van der Waals surface area contributed by atoms with E-state index in [0.717, 1.165) is 36.9 Å². The quantitative estimate of drug-likeness (QED) is 0.652. The first-order chi connectivity index (χ1) is 9.51. The number of aromatic nitrogens is 2. The lowest BCUT2D eigenvalue weighted by molar-refractivity contribution is -0.138. The number of carbonyl (C=O) groups excluding carboxylic acids is 1. The number of rotatable bonds is 5. The van der Waals surface area contributed by atoms with E-state index in [1.165, 1.54) is 0 Å². The van der Waals surface area contributed by atoms with Gasteiger partial charge in [0, 0.05) is 17.8 Å². The van der Waals surface area contributed by atoms with Crippen molar-refractivity contribution in [2.75, 3.05) is 0 Å². The first-order valence-electron chi connectivity index (χ1n) is 6.77. The molecule has 1 aromatic heterocycles. The van der Waals surface area contributed by atoms with Crippen LogP contribution in [0.4, 0.5) is 4.79 Å². The maximum absolute atomic E-state index is 11.9. The highest BCUT2D eigenvalue weighted by Gasteiger charge is 2.37. The molecule has 0 saturated heterocycles. The average Bonchev–Trinajstić information content (AvgIpc) is 2.96. The van der Waals surface area contributed by atoms with Crippen LogP contribution in [-0.2, 0) is 11.3 Å². The summed E-state index contributed by atoms with van der Waals surface area (Å²) in [5.41, 5.74) is 1.23. The molecule has 0 radical (unpaired) electrons. The fourth-order valence-electron chi connectivity index (χ4n) is 2.70. The number of nitrogens with one attached hydrogen (secondary N) is 3. The van der Waals surface area contributed by atoms with Gasteiger partial charge in [0.25, 0.3) is 0 Å². The topological polar surface area (TPSA) is 107 Å². The number of carboxylic acids is 1. The predicted molar refractivity (Wildman–Crippen MR) is 72.1 cm³/mol. The van der Waals surface area contributed by atoms with E-state index in [9.17, 15) is 9.59 Å². The highest BCUT2D eigenvalue weighted by molar-refractivity contribution is 5.76. The number of urea groups is 1. The standard InChI is InChI=1S/C13H20N4O3/c1-9-10(8-15-17-9)7-14-12(20)16-13(6-11(18)19)4-2-3-5-13/h8H,2-7H2,1H3,(H,15,17)(H,18,19)(H2,14,16,20). The molecule has 1 aliphatic rings. The molecule has 0 spiro atoms. The van der Waals surface area contributed by atoms with Gasteiger partial charge < -0.3 is 15.7 Å². The lowest BCUT2D eigenvalue weighted by atomic mass is 9.93. The van der Waals surface area contributed by atoms with Gasteiger partial charge in [0.15, 0.2) is 0 Å². The molecule has 1 fully saturated rings. The van der Waals surface area contributed by atoms with E-state index in [1.54, 1.807) is 6.20 Å². The van der Waals surface area contributed by atoms with Gasteiger partial charge in [-0.25, -0.2) is 4.79 Å². The van der Waals surface area contributed by atoms with E-state index < -0.39 is 11.5 Å². The summed E-state index contributed by atoms with van der Waals surface area (Å²) >= 11 is 0. The van der Waals surface area contributed by atoms with Gasteiger partial charge in [0.1, 0.15) is 0 Å². The molecule has 7 heteroatoms. The number of carbonyl (C=O) groups is 2. The van der Waals surface area contributed by atoms with E-state index in [1.807, 2.05) is 6.92 Å². The van der Waals surface area contributed by atoms with Crippen LogP contribution in [0, 0.1) is 6.92 Å². The van der Waals surface area contributed by atoms with Crippen LogP contribution in [0.3, 0.4) is 0 Å². The number of aryl methyl sites for hydroxylation is 1. The molecular formula is C13H20N4O3. The van der Waals surface area contributed by atoms with E-state index in [4.69, 9.17) is 5.11 Å². The first kappa shape index (κ1) is 14.4. The molecule has 1 saturated carbocycles. The molecule has 2 rings (SSSR count). The molecule has 0 aromatic carbocycles. The second-order valence-electron chi connectivity index (χ2n) is 5.39. The van der Waals surface area contributed by atoms with Crippen molar-refractivity contribution in [1.82, 2.24) is 20.8 Å². The number of hydrogen-bond acceptors (Lipinski definition) is 3. The molecule has 20 heavy (non-hydrogen) atoms. The number of amides is 2. The maximum atomic E-state index is 11.9. The Hall–Kier alpha value is -2.05. The molecule has 0 unspecified atom stereocenters. The number of carboxylic acid groups (broad SMARTS) is 1. The minimum absolute atomic E-state index is 0.0227. The van der Waals surface area contributed by atoms with Crippen LogP contribution in [0.25, 0.3) is 0 Å². The number of nitrogens with zero attached hydrogens (tertiary/aromatic N) is 1. The van der Waals surface area contributed by atoms with Crippen LogP contribution < -0.4 is 10.6 Å². The fourth-order valence-corrected chi connectivity index (χ4v) is 2.70. The van der Waals surface area contributed by atoms with E-state index in [0.29, 0.717) is 6.54 Å². The molecule has 0 aliphatic heterocycles. The smallest absolute Gasteiger partial charge is 0.315 e. The summed E-state index contributed by atoms with van der Waals surface area (Å²) in [5, 5.41) is 21.3. The summed E-state index contributed by atoms with van der Waals surface area (Å²) < 4.78 is 0. The van der Waals surface area contributed by atoms with Gasteiger partial charge in [-0.3, -0.25) is 9.89 Å². The van der Waals surface area contributed by atoms with Crippen molar-refractivity contribution in [3.05, 3.63) is 17.5 Å². The third kappa shape index (κ3) is 3.49. The lowest BCUT2D eigenvalue weighted by Crippen LogP contribution is -2.51. The van der Waals surface area contributed by atoms with Crippen LogP contribution in [0.1, 0.15) is 43.4 Å². The van der Waals surface area contributed by atoms with Crippen molar-refractivity contribution in [2.24, 2.45) is 0 Å². The number of aromatic amines is 1. The van der Waals surface area contributed by atoms with Gasteiger partial charge >= 0.3 is 12.0 Å². The van der Waals surface area contributed by atoms with Gasteiger partial charge in [-0.2, -0.15) is 5.10 Å². The second kappa shape index (κ2) is 5.94. The minimum Gasteiger partial charge on any atom is -0.481 e. The van der Waals surface area contributed by atoms with Crippen LogP contribution in [0.2, 0.25) is 0 Å². The molecule has 1 aromatic rings. The highest BCUT2D eigenvalue weighted by Crippen LogP contribution is 2.32. The molecule has 2 amide bonds. The molecule has 0 bridgehead atoms. The van der Waals surface area contributed by atoms with Gasteiger partial charge in [0.05, 0.1) is 18.2 Å². The zero-order chi connectivity index (χ0) is 14.6. The largest absolute Gasteiger partial charge is 0.481 e. The zero-order valence-corrected chi connectivity index (χ0v) is 11.5. The Morgan fingerprint density at radius 2 is 2.15 bits per heavy atom. The third-order valence-corrected chi connectivity index (χ3v) is 3.80. The molecule has 1 heterocycles. The van der Waals surface area contributed by atoms with Crippen LogP contribution in [-0.4, -0.2) is 32.8 Å². The van der Waals surface area contributed by atoms with Crippen LogP contribution in [0.5, 0.6) is 0 Å². The number of hydrogen-bond donors (Lipinski definition) is 4. The SMILES string of the molecule is Cc1[nH]ncc1CNC(=O)NC1(CC(=O)O)CCCC1. The molecule has 110 valence electrons. The van der Waals surface area contributed by atoms with E-state index in [-0.39, 0.29) is 12.5 Å². The summed E-state index contributed by atoms with van der Waals surface area (Å²) in [6, 6.07) is -0.325. The van der Waals surface area contributed by atoms with Crippen LogP contribution in [0.15, 0.2) is 6.20 Å². The molecule has 1 aliphatic carbocycles. The van der Waals surface area contributed by atoms with E-state index >= 15 is 0 Å². The van der Waals surface area contributed by atoms with Gasteiger partial charge in [-0.1, -0.05) is 12.8 Å². The Kier molecular flexibility index (Phi) is 4.26. The van der Waals surface area contributed by atoms with Crippen molar-refractivity contribution in [2.45, 2.75) is 51.1 Å². The highest BCUT2D eigenvalue weighted by atomic mass is 16.4. The van der Waals surface area contributed by atoms with Crippen molar-refractivity contribution in [1.29, 1.82) is 0 Å². The molecular weight excluding hydrogens is 260 g/mol. The summed E-state index contributed by atoms with van der Waals surface area (Å²) in [5.74, 6) is -0.877. The zero-order valence-electron chi connectivity index (χ0n) is 11.5. The van der Waals surface area contributed by atoms with Crippen molar-refractivity contribution in [3.8, 4) is 0 Å². The molecule has 4 N–H and O–H groups in total. The molecule has 7 nitrogen and oxygen atoms in total. The summed E-state index contributed by atoms with van der Waals surface area (Å²) in [4.78, 5) is 22.9. The van der Waals surface area contributed by atoms with Crippen molar-refractivity contribution in [3.63, 3.8) is 0 Å². The second-order valence-corrected chi connectivity index (χ2v) is 5.39. The normalized spacial score (nSPS) is 16.9. The average molecular weight is 280 g/mol. The Balaban J connectivity index is 1.89. The van der Waals surface area contributed by atoms with Gasteiger partial charge in [-0.15, -0.1) is 0 Å². The third-order valence-electron chi connectivity index (χ3n) is 3.80. The minimum atomic E-state index is -0.877. The first-order valence-corrected chi connectivity index (χ1v) is 6.77. The number of H-pyrrole nitrogens is 1. The predicted octanol–water partition coefficient (Wildman–Crippen LogP) is 1.30. The Labute approximate surface area is 117 Å². The summed E-state index contributed by atoms with van der Waals surface area (Å²) in [6.45, 7) is 2.25. The van der Waals surface area contributed by atoms with Gasteiger partial charge in [-0.05, 0) is 19.8 Å². The van der Waals surface area contributed by atoms with Crippen molar-refractivity contribution < 1.29 is 14.7 Å². The Morgan fingerprint density at radius 3 is 2.70 bits per heavy atom. The van der Waals surface area contributed by atoms with Crippen molar-refractivity contribution >= 4 is 12.0 Å². The summed E-state index contributed by atoms with van der Waals surface area (Å²) in [7, 11) is 0. The molecule has 0 atom stereocenters. The van der Waals surface area contributed by atoms with Crippen LogP contribution >= 0.6 is 0 Å². The van der Waals surface area contributed by atoms with E-state index in [2.05, 4.69) is 20.8 Å². The van der Waals surface area contributed by atoms with Gasteiger partial charge in [0.2, 0.25) is 0 Å². The Bertz CT molecular complexity index is 492. The maximum Gasteiger partial charge on any atom is 0.315 e. The number of aliphatic carboxylic acids is 1. The fraction of sp³-hybridized carbons (Fsp3) is 0.615. The lowest BCUT2D eigenvalue weighted by Gasteiger charge is -2.28. The Morgan fingerprint density at radius 1 is 1.45 bits per heavy atom. The monoisotopic (exact) mass is 280 g/mol.